The molecule has 6 rings (SSSR count). The van der Waals surface area contributed by atoms with Gasteiger partial charge in [-0.25, -0.2) is 4.98 Å². The SMILES string of the molecule is c1nc2nc(Nc3ccc(N4CCSCC4)cc3)nc(N[C@H]3CC34CCSC4)c2[nH]1. The highest BCUT2D eigenvalue weighted by molar-refractivity contribution is 7.99. The summed E-state index contributed by atoms with van der Waals surface area (Å²) in [7, 11) is 0. The van der Waals surface area contributed by atoms with E-state index in [1.54, 1.807) is 6.33 Å². The first kappa shape index (κ1) is 18.6. The lowest BCUT2D eigenvalue weighted by Gasteiger charge is -2.28. The van der Waals surface area contributed by atoms with Crippen LogP contribution in [0.3, 0.4) is 0 Å². The Morgan fingerprint density at radius 1 is 1.07 bits per heavy atom. The van der Waals surface area contributed by atoms with E-state index in [1.165, 1.54) is 41.5 Å². The van der Waals surface area contributed by atoms with Gasteiger partial charge in [0.1, 0.15) is 5.52 Å². The number of anilines is 4. The van der Waals surface area contributed by atoms with Gasteiger partial charge in [0.25, 0.3) is 0 Å². The number of hydrogen-bond donors (Lipinski definition) is 3. The molecule has 156 valence electrons. The predicted octanol–water partition coefficient (Wildman–Crippen LogP) is 3.96. The summed E-state index contributed by atoms with van der Waals surface area (Å²) in [5, 5.41) is 7.04. The Hall–Kier alpha value is -2.13. The normalized spacial score (nSPS) is 25.7. The molecule has 3 N–H and O–H groups in total. The molecular formula is C21H25N7S2. The third-order valence-electron chi connectivity index (χ3n) is 6.42. The van der Waals surface area contributed by atoms with E-state index >= 15 is 0 Å². The minimum atomic E-state index is 0.471. The molecule has 1 aliphatic carbocycles. The number of aromatic nitrogens is 4. The second-order valence-electron chi connectivity index (χ2n) is 8.33. The second-order valence-corrected chi connectivity index (χ2v) is 10.7. The molecule has 3 aromatic rings. The maximum atomic E-state index is 4.79. The van der Waals surface area contributed by atoms with Crippen molar-refractivity contribution in [3.8, 4) is 0 Å². The van der Waals surface area contributed by atoms with E-state index in [0.29, 0.717) is 23.1 Å². The van der Waals surface area contributed by atoms with Gasteiger partial charge in [-0.05, 0) is 42.9 Å². The van der Waals surface area contributed by atoms with Crippen LogP contribution in [0.4, 0.5) is 23.1 Å². The molecule has 1 saturated carbocycles. The van der Waals surface area contributed by atoms with Gasteiger partial charge in [-0.3, -0.25) is 0 Å². The number of benzene rings is 1. The van der Waals surface area contributed by atoms with Crippen LogP contribution in [0, 0.1) is 5.41 Å². The zero-order chi connectivity index (χ0) is 20.0. The van der Waals surface area contributed by atoms with E-state index < -0.39 is 0 Å². The van der Waals surface area contributed by atoms with Crippen LogP contribution in [-0.2, 0) is 0 Å². The first-order chi connectivity index (χ1) is 14.8. The van der Waals surface area contributed by atoms with Crippen molar-refractivity contribution in [1.82, 2.24) is 19.9 Å². The molecule has 1 spiro atoms. The number of hydrogen-bond acceptors (Lipinski definition) is 8. The van der Waals surface area contributed by atoms with Gasteiger partial charge in [0.2, 0.25) is 5.95 Å². The van der Waals surface area contributed by atoms with Crippen molar-refractivity contribution >= 4 is 57.8 Å². The zero-order valence-electron chi connectivity index (χ0n) is 16.7. The van der Waals surface area contributed by atoms with Crippen molar-refractivity contribution in [2.24, 2.45) is 5.41 Å². The summed E-state index contributed by atoms with van der Waals surface area (Å²) < 4.78 is 0. The van der Waals surface area contributed by atoms with Crippen LogP contribution >= 0.6 is 23.5 Å². The fourth-order valence-electron chi connectivity index (χ4n) is 4.48. The molecule has 0 radical (unpaired) electrons. The molecule has 1 aromatic carbocycles. The van der Waals surface area contributed by atoms with E-state index in [-0.39, 0.29) is 0 Å². The van der Waals surface area contributed by atoms with Crippen molar-refractivity contribution in [3.05, 3.63) is 30.6 Å². The van der Waals surface area contributed by atoms with Crippen LogP contribution in [0.5, 0.6) is 0 Å². The third-order valence-corrected chi connectivity index (χ3v) is 8.63. The van der Waals surface area contributed by atoms with Gasteiger partial charge in [-0.1, -0.05) is 0 Å². The summed E-state index contributed by atoms with van der Waals surface area (Å²) in [5.74, 6) is 6.37. The van der Waals surface area contributed by atoms with Crippen LogP contribution in [0.15, 0.2) is 30.6 Å². The van der Waals surface area contributed by atoms with Crippen molar-refractivity contribution in [2.75, 3.05) is 51.6 Å². The monoisotopic (exact) mass is 439 g/mol. The Kier molecular flexibility index (Phi) is 4.67. The van der Waals surface area contributed by atoms with Crippen LogP contribution in [0.2, 0.25) is 0 Å². The lowest BCUT2D eigenvalue weighted by molar-refractivity contribution is 0.574. The van der Waals surface area contributed by atoms with Gasteiger partial charge in [-0.15, -0.1) is 0 Å². The van der Waals surface area contributed by atoms with Crippen LogP contribution in [-0.4, -0.2) is 62.1 Å². The molecule has 2 atom stereocenters. The fraction of sp³-hybridized carbons (Fsp3) is 0.476. The van der Waals surface area contributed by atoms with Crippen molar-refractivity contribution < 1.29 is 0 Å². The highest BCUT2D eigenvalue weighted by Crippen LogP contribution is 2.57. The van der Waals surface area contributed by atoms with Crippen LogP contribution < -0.4 is 15.5 Å². The van der Waals surface area contributed by atoms with Gasteiger partial charge in [0, 0.05) is 53.2 Å². The quantitative estimate of drug-likeness (QED) is 0.551. The number of H-pyrrole nitrogens is 1. The van der Waals surface area contributed by atoms with Gasteiger partial charge in [0.05, 0.1) is 6.33 Å². The maximum Gasteiger partial charge on any atom is 0.231 e. The van der Waals surface area contributed by atoms with Crippen LogP contribution in [0.1, 0.15) is 12.8 Å². The lowest BCUT2D eigenvalue weighted by atomic mass is 10.1. The number of fused-ring (bicyclic) bond motifs is 1. The molecule has 3 fully saturated rings. The summed E-state index contributed by atoms with van der Waals surface area (Å²) in [6, 6.07) is 9.07. The molecule has 9 heteroatoms. The molecule has 2 saturated heterocycles. The third kappa shape index (κ3) is 3.47. The molecule has 30 heavy (non-hydrogen) atoms. The molecule has 4 heterocycles. The van der Waals surface area contributed by atoms with Crippen molar-refractivity contribution in [1.29, 1.82) is 0 Å². The molecular weight excluding hydrogens is 414 g/mol. The molecule has 1 unspecified atom stereocenters. The van der Waals surface area contributed by atoms with E-state index in [9.17, 15) is 0 Å². The summed E-state index contributed by atoms with van der Waals surface area (Å²) in [4.78, 5) is 19.4. The Morgan fingerprint density at radius 2 is 1.93 bits per heavy atom. The number of rotatable bonds is 5. The molecule has 3 aliphatic rings. The van der Waals surface area contributed by atoms with Gasteiger partial charge in [0.15, 0.2) is 11.5 Å². The van der Waals surface area contributed by atoms with Crippen molar-refractivity contribution in [2.45, 2.75) is 18.9 Å². The van der Waals surface area contributed by atoms with Gasteiger partial charge in [-0.2, -0.15) is 33.5 Å². The molecule has 0 bridgehead atoms. The first-order valence-electron chi connectivity index (χ1n) is 10.5. The minimum absolute atomic E-state index is 0.471. The molecule has 2 aromatic heterocycles. The van der Waals surface area contributed by atoms with E-state index in [4.69, 9.17) is 4.98 Å². The average Bonchev–Trinajstić information content (AvgIpc) is 3.13. The largest absolute Gasteiger partial charge is 0.370 e. The van der Waals surface area contributed by atoms with E-state index in [2.05, 4.69) is 66.5 Å². The second kappa shape index (κ2) is 7.53. The van der Waals surface area contributed by atoms with Crippen LogP contribution in [0.25, 0.3) is 11.2 Å². The maximum absolute atomic E-state index is 4.79. The highest BCUT2D eigenvalue weighted by atomic mass is 32.2. The summed E-state index contributed by atoms with van der Waals surface area (Å²) in [6.45, 7) is 2.24. The molecule has 2 aliphatic heterocycles. The number of thioether (sulfide) groups is 2. The smallest absolute Gasteiger partial charge is 0.231 e. The number of nitrogens with one attached hydrogen (secondary N) is 3. The Bertz CT molecular complexity index is 1040. The van der Waals surface area contributed by atoms with Crippen molar-refractivity contribution in [3.63, 3.8) is 0 Å². The Morgan fingerprint density at radius 3 is 2.73 bits per heavy atom. The molecule has 7 nitrogen and oxygen atoms in total. The minimum Gasteiger partial charge on any atom is -0.370 e. The summed E-state index contributed by atoms with van der Waals surface area (Å²) >= 11 is 4.10. The lowest BCUT2D eigenvalue weighted by Crippen LogP contribution is -2.32. The Labute approximate surface area is 184 Å². The average molecular weight is 440 g/mol. The zero-order valence-corrected chi connectivity index (χ0v) is 18.4. The molecule has 0 amide bonds. The number of nitrogens with zero attached hydrogens (tertiary/aromatic N) is 4. The Balaban J connectivity index is 1.21. The number of aromatic amines is 1. The topological polar surface area (TPSA) is 81.8 Å². The predicted molar refractivity (Wildman–Crippen MR) is 127 cm³/mol. The van der Waals surface area contributed by atoms with Gasteiger partial charge >= 0.3 is 0 Å². The standard InChI is InChI=1S/C21H25N7S2/c1-3-15(28-6-9-29-10-7-28)4-2-14(1)24-20-26-18-17(22-13-23-18)19(27-20)25-16-11-21(16)5-8-30-12-21/h1-4,13,16H,5-12H2,(H3,22,23,24,25,26,27)/t16-,21?/m0/s1. The van der Waals surface area contributed by atoms with E-state index in [0.717, 1.165) is 30.1 Å². The first-order valence-corrected chi connectivity index (χ1v) is 12.9. The fourth-order valence-corrected chi connectivity index (χ4v) is 6.94. The van der Waals surface area contributed by atoms with Gasteiger partial charge < -0.3 is 20.5 Å². The number of imidazole rings is 1. The summed E-state index contributed by atoms with van der Waals surface area (Å²) in [5.41, 5.74) is 4.30. The van der Waals surface area contributed by atoms with E-state index in [1.807, 2.05) is 11.8 Å². The highest BCUT2D eigenvalue weighted by Gasteiger charge is 2.56. The summed E-state index contributed by atoms with van der Waals surface area (Å²) in [6.07, 6.45) is 4.23.